The van der Waals surface area contributed by atoms with Crippen LogP contribution in [0.4, 0.5) is 4.79 Å². The van der Waals surface area contributed by atoms with Crippen LogP contribution in [0.1, 0.15) is 40.0 Å². The summed E-state index contributed by atoms with van der Waals surface area (Å²) >= 11 is 0. The third-order valence-electron chi connectivity index (χ3n) is 3.46. The number of urea groups is 1. The first-order chi connectivity index (χ1) is 7.88. The Labute approximate surface area is 102 Å². The van der Waals surface area contributed by atoms with E-state index in [0.717, 1.165) is 19.3 Å². The average Bonchev–Trinajstić information content (AvgIpc) is 3.00. The average molecular weight is 242 g/mol. The van der Waals surface area contributed by atoms with Gasteiger partial charge in [-0.05, 0) is 31.6 Å². The maximum absolute atomic E-state index is 11.9. The number of carboxylic acids is 1. The molecule has 98 valence electrons. The van der Waals surface area contributed by atoms with Crippen molar-refractivity contribution in [1.82, 2.24) is 10.2 Å². The van der Waals surface area contributed by atoms with Crippen LogP contribution in [-0.4, -0.2) is 41.1 Å². The van der Waals surface area contributed by atoms with Crippen LogP contribution in [0.2, 0.25) is 0 Å². The second-order valence-electron chi connectivity index (χ2n) is 5.25. The van der Waals surface area contributed by atoms with Crippen molar-refractivity contribution in [2.75, 3.05) is 13.1 Å². The molecule has 0 aromatic rings. The predicted octanol–water partition coefficient (Wildman–Crippen LogP) is 1.68. The van der Waals surface area contributed by atoms with E-state index in [-0.39, 0.29) is 24.0 Å². The number of carbonyl (C=O) groups excluding carboxylic acids is 1. The Kier molecular flexibility index (Phi) is 4.37. The van der Waals surface area contributed by atoms with Gasteiger partial charge < -0.3 is 15.3 Å². The van der Waals surface area contributed by atoms with E-state index >= 15 is 0 Å². The lowest BCUT2D eigenvalue weighted by Crippen LogP contribution is -2.48. The number of nitrogens with one attached hydrogen (secondary N) is 1. The van der Waals surface area contributed by atoms with Gasteiger partial charge in [0, 0.05) is 12.6 Å². The lowest BCUT2D eigenvalue weighted by atomic mass is 10.1. The van der Waals surface area contributed by atoms with Crippen LogP contribution < -0.4 is 5.32 Å². The molecule has 2 N–H and O–H groups in total. The molecule has 1 aliphatic carbocycles. The number of hydrogen-bond donors (Lipinski definition) is 2. The normalized spacial score (nSPS) is 18.3. The zero-order valence-corrected chi connectivity index (χ0v) is 10.8. The second kappa shape index (κ2) is 5.38. The van der Waals surface area contributed by atoms with E-state index in [2.05, 4.69) is 12.2 Å². The van der Waals surface area contributed by atoms with Crippen molar-refractivity contribution in [1.29, 1.82) is 0 Å². The minimum Gasteiger partial charge on any atom is -0.480 e. The summed E-state index contributed by atoms with van der Waals surface area (Å²) in [6.07, 6.45) is 3.02. The Morgan fingerprint density at radius 3 is 2.47 bits per heavy atom. The molecule has 5 heteroatoms. The van der Waals surface area contributed by atoms with E-state index in [4.69, 9.17) is 5.11 Å². The molecule has 1 fully saturated rings. The number of hydrogen-bond acceptors (Lipinski definition) is 2. The maximum Gasteiger partial charge on any atom is 0.323 e. The number of amides is 2. The lowest BCUT2D eigenvalue weighted by molar-refractivity contribution is -0.138. The largest absolute Gasteiger partial charge is 0.480 e. The quantitative estimate of drug-likeness (QED) is 0.744. The van der Waals surface area contributed by atoms with Gasteiger partial charge >= 0.3 is 12.0 Å². The lowest BCUT2D eigenvalue weighted by Gasteiger charge is -2.27. The first-order valence-electron chi connectivity index (χ1n) is 6.14. The van der Waals surface area contributed by atoms with Gasteiger partial charge in [0.25, 0.3) is 0 Å². The van der Waals surface area contributed by atoms with Gasteiger partial charge in [-0.15, -0.1) is 0 Å². The Balaban J connectivity index is 2.49. The van der Waals surface area contributed by atoms with Crippen LogP contribution >= 0.6 is 0 Å². The van der Waals surface area contributed by atoms with Crippen molar-refractivity contribution in [2.45, 2.75) is 46.1 Å². The molecule has 2 amide bonds. The van der Waals surface area contributed by atoms with Gasteiger partial charge in [0.1, 0.15) is 6.54 Å². The Hall–Kier alpha value is -1.26. The van der Waals surface area contributed by atoms with E-state index in [0.29, 0.717) is 6.54 Å². The fourth-order valence-corrected chi connectivity index (χ4v) is 1.57. The zero-order valence-electron chi connectivity index (χ0n) is 10.8. The number of carbonyl (C=O) groups is 2. The van der Waals surface area contributed by atoms with Crippen molar-refractivity contribution >= 4 is 12.0 Å². The van der Waals surface area contributed by atoms with Gasteiger partial charge in [-0.3, -0.25) is 4.79 Å². The topological polar surface area (TPSA) is 69.6 Å². The molecule has 0 bridgehead atoms. The zero-order chi connectivity index (χ0) is 13.1. The molecule has 0 aromatic carbocycles. The number of carboxylic acid groups (broad SMARTS) is 1. The van der Waals surface area contributed by atoms with Crippen molar-refractivity contribution < 1.29 is 14.7 Å². The molecule has 0 aliphatic heterocycles. The molecule has 0 saturated heterocycles. The molecule has 5 nitrogen and oxygen atoms in total. The highest BCUT2D eigenvalue weighted by atomic mass is 16.4. The summed E-state index contributed by atoms with van der Waals surface area (Å²) < 4.78 is 0. The monoisotopic (exact) mass is 242 g/mol. The summed E-state index contributed by atoms with van der Waals surface area (Å²) in [6, 6.07) is -0.326. The fourth-order valence-electron chi connectivity index (χ4n) is 1.57. The van der Waals surface area contributed by atoms with Crippen LogP contribution in [-0.2, 0) is 4.79 Å². The SMILES string of the molecule is CCC(C)N(CC(=O)O)C(=O)NCC1(C)CC1. The van der Waals surface area contributed by atoms with Crippen molar-refractivity contribution in [3.05, 3.63) is 0 Å². The van der Waals surface area contributed by atoms with Gasteiger partial charge in [-0.1, -0.05) is 13.8 Å². The highest BCUT2D eigenvalue weighted by Crippen LogP contribution is 2.44. The molecule has 0 spiro atoms. The molecule has 17 heavy (non-hydrogen) atoms. The number of aliphatic carboxylic acids is 1. The fraction of sp³-hybridized carbons (Fsp3) is 0.833. The van der Waals surface area contributed by atoms with Crippen LogP contribution in [0.3, 0.4) is 0 Å². The van der Waals surface area contributed by atoms with Crippen LogP contribution in [0.15, 0.2) is 0 Å². The third-order valence-corrected chi connectivity index (χ3v) is 3.46. The van der Waals surface area contributed by atoms with Crippen molar-refractivity contribution in [2.24, 2.45) is 5.41 Å². The van der Waals surface area contributed by atoms with E-state index in [9.17, 15) is 9.59 Å². The van der Waals surface area contributed by atoms with Crippen LogP contribution in [0, 0.1) is 5.41 Å². The molecule has 1 saturated carbocycles. The van der Waals surface area contributed by atoms with E-state index in [1.807, 2.05) is 13.8 Å². The number of rotatable bonds is 6. The van der Waals surface area contributed by atoms with Crippen LogP contribution in [0.5, 0.6) is 0 Å². The highest BCUT2D eigenvalue weighted by Gasteiger charge is 2.37. The van der Waals surface area contributed by atoms with E-state index in [1.54, 1.807) is 0 Å². The van der Waals surface area contributed by atoms with E-state index in [1.165, 1.54) is 4.90 Å². The minimum atomic E-state index is -0.974. The highest BCUT2D eigenvalue weighted by molar-refractivity contribution is 5.80. The molecular weight excluding hydrogens is 220 g/mol. The summed E-state index contributed by atoms with van der Waals surface area (Å²) in [7, 11) is 0. The molecule has 0 aromatic heterocycles. The van der Waals surface area contributed by atoms with Gasteiger partial charge in [-0.2, -0.15) is 0 Å². The molecule has 1 unspecified atom stereocenters. The molecular formula is C12H22N2O3. The van der Waals surface area contributed by atoms with Gasteiger partial charge in [0.2, 0.25) is 0 Å². The van der Waals surface area contributed by atoms with Crippen molar-refractivity contribution in [3.8, 4) is 0 Å². The Bertz CT molecular complexity index is 300. The first kappa shape index (κ1) is 13.8. The summed E-state index contributed by atoms with van der Waals surface area (Å²) in [4.78, 5) is 24.0. The summed E-state index contributed by atoms with van der Waals surface area (Å²) in [5.41, 5.74) is 0.236. The first-order valence-corrected chi connectivity index (χ1v) is 6.14. The molecule has 0 heterocycles. The molecule has 0 radical (unpaired) electrons. The summed E-state index contributed by atoms with van der Waals surface area (Å²) in [6.45, 7) is 6.32. The van der Waals surface area contributed by atoms with Gasteiger partial charge in [0.15, 0.2) is 0 Å². The van der Waals surface area contributed by atoms with Crippen LogP contribution in [0.25, 0.3) is 0 Å². The molecule has 1 aliphatic rings. The van der Waals surface area contributed by atoms with Gasteiger partial charge in [0.05, 0.1) is 0 Å². The molecule has 1 rings (SSSR count). The Morgan fingerprint density at radius 1 is 1.47 bits per heavy atom. The summed E-state index contributed by atoms with van der Waals surface area (Å²) in [5, 5.41) is 11.6. The number of nitrogens with zero attached hydrogens (tertiary/aromatic N) is 1. The van der Waals surface area contributed by atoms with E-state index < -0.39 is 5.97 Å². The standard InChI is InChI=1S/C12H22N2O3/c1-4-9(2)14(7-10(15)16)11(17)13-8-12(3)5-6-12/h9H,4-8H2,1-3H3,(H,13,17)(H,15,16). The third kappa shape index (κ3) is 4.24. The summed E-state index contributed by atoms with van der Waals surface area (Å²) in [5.74, 6) is -0.974. The minimum absolute atomic E-state index is 0.0573. The van der Waals surface area contributed by atoms with Crippen molar-refractivity contribution in [3.63, 3.8) is 0 Å². The smallest absolute Gasteiger partial charge is 0.323 e. The maximum atomic E-state index is 11.9. The van der Waals surface area contributed by atoms with Gasteiger partial charge in [-0.25, -0.2) is 4.79 Å². The predicted molar refractivity (Wildman–Crippen MR) is 64.8 cm³/mol. The Morgan fingerprint density at radius 2 is 2.06 bits per heavy atom. The second-order valence-corrected chi connectivity index (χ2v) is 5.25. The molecule has 1 atom stereocenters.